The lowest BCUT2D eigenvalue weighted by molar-refractivity contribution is -0.150. The van der Waals surface area contributed by atoms with E-state index in [9.17, 15) is 19.2 Å². The monoisotopic (exact) mass is 424 g/mol. The largest absolute Gasteiger partial charge is 0.497 e. The maximum atomic E-state index is 13.3. The van der Waals surface area contributed by atoms with Crippen LogP contribution in [0.5, 0.6) is 11.5 Å². The van der Waals surface area contributed by atoms with Gasteiger partial charge in [-0.15, -0.1) is 0 Å². The minimum Gasteiger partial charge on any atom is -0.497 e. The van der Waals surface area contributed by atoms with E-state index in [-0.39, 0.29) is 0 Å². The molecule has 4 rings (SSSR count). The highest BCUT2D eigenvalue weighted by molar-refractivity contribution is 6.21. The summed E-state index contributed by atoms with van der Waals surface area (Å²) in [6.07, 6.45) is 0. The number of barbiturate groups is 1. The molecule has 0 radical (unpaired) electrons. The van der Waals surface area contributed by atoms with Crippen LogP contribution < -0.4 is 30.7 Å². The van der Waals surface area contributed by atoms with E-state index >= 15 is 0 Å². The number of carbonyl (C=O) groups excluding carboxylic acids is 4. The van der Waals surface area contributed by atoms with Crippen LogP contribution in [0, 0.1) is 5.41 Å². The van der Waals surface area contributed by atoms with Gasteiger partial charge in [-0.2, -0.15) is 0 Å². The van der Waals surface area contributed by atoms with Gasteiger partial charge in [0.1, 0.15) is 11.5 Å². The minimum absolute atomic E-state index is 0.494. The number of amides is 6. The van der Waals surface area contributed by atoms with E-state index in [2.05, 4.69) is 21.3 Å². The summed E-state index contributed by atoms with van der Waals surface area (Å²) in [6.45, 7) is 0. The molecule has 31 heavy (non-hydrogen) atoms. The number of methoxy groups -OCH3 is 2. The molecule has 2 aromatic carbocycles. The third-order valence-electron chi connectivity index (χ3n) is 5.57. The number of hydrogen-bond acceptors (Lipinski definition) is 6. The Hall–Kier alpha value is -4.08. The first kappa shape index (κ1) is 20.2. The second kappa shape index (κ2) is 7.63. The van der Waals surface area contributed by atoms with Gasteiger partial charge in [0.05, 0.1) is 26.3 Å². The predicted octanol–water partition coefficient (Wildman–Crippen LogP) is 1.15. The number of benzene rings is 2. The fourth-order valence-corrected chi connectivity index (χ4v) is 4.06. The second-order valence-corrected chi connectivity index (χ2v) is 7.14. The quantitative estimate of drug-likeness (QED) is 0.544. The van der Waals surface area contributed by atoms with Crippen molar-refractivity contribution >= 4 is 23.9 Å². The molecule has 1 spiro atoms. The molecule has 10 heteroatoms. The maximum Gasteiger partial charge on any atom is 0.328 e. The molecule has 0 aromatic heterocycles. The average Bonchev–Trinajstić information content (AvgIpc) is 2.77. The molecule has 2 aliphatic heterocycles. The van der Waals surface area contributed by atoms with Crippen molar-refractivity contribution in [2.24, 2.45) is 5.41 Å². The van der Waals surface area contributed by atoms with Gasteiger partial charge in [0, 0.05) is 0 Å². The first-order valence-electron chi connectivity index (χ1n) is 9.42. The van der Waals surface area contributed by atoms with Crippen molar-refractivity contribution in [2.75, 3.05) is 14.2 Å². The normalized spacial score (nSPS) is 22.1. The first-order valence-corrected chi connectivity index (χ1v) is 9.42. The molecule has 160 valence electrons. The highest BCUT2D eigenvalue weighted by Gasteiger charge is 2.64. The molecule has 2 aromatic rings. The Morgan fingerprint density at radius 3 is 1.39 bits per heavy atom. The summed E-state index contributed by atoms with van der Waals surface area (Å²) in [5, 5.41) is 9.72. The van der Waals surface area contributed by atoms with Gasteiger partial charge < -0.3 is 20.1 Å². The Kier molecular flexibility index (Phi) is 4.97. The SMILES string of the molecule is COc1ccc(C2NC(=O)NC(c3ccc(OC)cc3)C23C(=O)NC(=O)NC3=O)cc1. The van der Waals surface area contributed by atoms with Crippen molar-refractivity contribution in [1.82, 2.24) is 21.3 Å². The summed E-state index contributed by atoms with van der Waals surface area (Å²) in [5.41, 5.74) is -0.895. The molecule has 2 heterocycles. The fourth-order valence-electron chi connectivity index (χ4n) is 4.06. The highest BCUT2D eigenvalue weighted by Crippen LogP contribution is 2.48. The lowest BCUT2D eigenvalue weighted by Gasteiger charge is -2.48. The molecule has 10 nitrogen and oxygen atoms in total. The summed E-state index contributed by atoms with van der Waals surface area (Å²) < 4.78 is 10.3. The Morgan fingerprint density at radius 1 is 0.645 bits per heavy atom. The number of carbonyl (C=O) groups is 4. The Bertz CT molecular complexity index is 969. The summed E-state index contributed by atoms with van der Waals surface area (Å²) in [6, 6.07) is 9.62. The van der Waals surface area contributed by atoms with Gasteiger partial charge in [0.25, 0.3) is 0 Å². The zero-order valence-electron chi connectivity index (χ0n) is 16.7. The van der Waals surface area contributed by atoms with Crippen LogP contribution in [0.3, 0.4) is 0 Å². The number of rotatable bonds is 4. The van der Waals surface area contributed by atoms with Crippen LogP contribution in [0.4, 0.5) is 9.59 Å². The first-order chi connectivity index (χ1) is 14.9. The van der Waals surface area contributed by atoms with Crippen LogP contribution in [-0.2, 0) is 9.59 Å². The molecule has 2 fully saturated rings. The van der Waals surface area contributed by atoms with Gasteiger partial charge in [0.15, 0.2) is 5.41 Å². The van der Waals surface area contributed by atoms with Crippen LogP contribution in [0.1, 0.15) is 23.2 Å². The third-order valence-corrected chi connectivity index (χ3v) is 5.57. The maximum absolute atomic E-state index is 13.3. The van der Waals surface area contributed by atoms with Crippen molar-refractivity contribution < 1.29 is 28.7 Å². The van der Waals surface area contributed by atoms with Crippen molar-refractivity contribution in [1.29, 1.82) is 0 Å². The van der Waals surface area contributed by atoms with E-state index in [4.69, 9.17) is 9.47 Å². The van der Waals surface area contributed by atoms with Crippen LogP contribution in [0.2, 0.25) is 0 Å². The predicted molar refractivity (Wildman–Crippen MR) is 107 cm³/mol. The van der Waals surface area contributed by atoms with E-state index in [1.165, 1.54) is 14.2 Å². The van der Waals surface area contributed by atoms with Crippen molar-refractivity contribution in [3.05, 3.63) is 59.7 Å². The molecule has 2 unspecified atom stereocenters. The van der Waals surface area contributed by atoms with Crippen LogP contribution in [0.15, 0.2) is 48.5 Å². The summed E-state index contributed by atoms with van der Waals surface area (Å²) in [5.74, 6) is -0.513. The lowest BCUT2D eigenvalue weighted by atomic mass is 9.65. The van der Waals surface area contributed by atoms with Gasteiger partial charge >= 0.3 is 12.1 Å². The molecule has 2 atom stereocenters. The molecule has 2 aliphatic rings. The number of hydrogen-bond donors (Lipinski definition) is 4. The van der Waals surface area contributed by atoms with Gasteiger partial charge in [0.2, 0.25) is 11.8 Å². The van der Waals surface area contributed by atoms with E-state index in [0.29, 0.717) is 22.6 Å². The number of ether oxygens (including phenoxy) is 2. The zero-order valence-corrected chi connectivity index (χ0v) is 16.7. The average molecular weight is 424 g/mol. The van der Waals surface area contributed by atoms with Crippen molar-refractivity contribution in [3.8, 4) is 11.5 Å². The van der Waals surface area contributed by atoms with E-state index in [1.807, 2.05) is 0 Å². The van der Waals surface area contributed by atoms with E-state index < -0.39 is 41.4 Å². The highest BCUT2D eigenvalue weighted by atomic mass is 16.5. The van der Waals surface area contributed by atoms with Crippen molar-refractivity contribution in [3.63, 3.8) is 0 Å². The number of nitrogens with one attached hydrogen (secondary N) is 4. The van der Waals surface area contributed by atoms with Crippen LogP contribution >= 0.6 is 0 Å². The van der Waals surface area contributed by atoms with E-state index in [0.717, 1.165) is 0 Å². The van der Waals surface area contributed by atoms with Gasteiger partial charge in [-0.05, 0) is 35.4 Å². The Morgan fingerprint density at radius 2 is 1.03 bits per heavy atom. The summed E-state index contributed by atoms with van der Waals surface area (Å²) in [7, 11) is 3.02. The molecule has 6 amide bonds. The number of urea groups is 2. The zero-order chi connectivity index (χ0) is 22.2. The lowest BCUT2D eigenvalue weighted by Crippen LogP contribution is -2.73. The van der Waals surface area contributed by atoms with Gasteiger partial charge in [-0.1, -0.05) is 24.3 Å². The smallest absolute Gasteiger partial charge is 0.328 e. The molecule has 0 saturated carbocycles. The molecule has 0 bridgehead atoms. The van der Waals surface area contributed by atoms with Crippen molar-refractivity contribution in [2.45, 2.75) is 12.1 Å². The summed E-state index contributed by atoms with van der Waals surface area (Å²) in [4.78, 5) is 51.0. The van der Waals surface area contributed by atoms with Crippen LogP contribution in [0.25, 0.3) is 0 Å². The topological polar surface area (TPSA) is 135 Å². The van der Waals surface area contributed by atoms with Gasteiger partial charge in [-0.3, -0.25) is 20.2 Å². The molecule has 4 N–H and O–H groups in total. The Labute approximate surface area is 177 Å². The van der Waals surface area contributed by atoms with Gasteiger partial charge in [-0.25, -0.2) is 9.59 Å². The molecular weight excluding hydrogens is 404 g/mol. The molecular formula is C21H20N4O6. The standard InChI is InChI=1S/C21H20N4O6/c1-30-13-7-3-11(4-8-13)15-21(17(26)24-20(29)25-18(21)27)16(23-19(28)22-15)12-5-9-14(31-2)10-6-12/h3-10,15-16H,1-2H3,(H2,22,23,28)(H2,24,25,26,27,29). The fraction of sp³-hybridized carbons (Fsp3) is 0.238. The third kappa shape index (κ3) is 3.21. The van der Waals surface area contributed by atoms with Crippen LogP contribution in [-0.4, -0.2) is 38.1 Å². The minimum atomic E-state index is -1.88. The summed E-state index contributed by atoms with van der Waals surface area (Å²) >= 11 is 0. The molecule has 0 aliphatic carbocycles. The van der Waals surface area contributed by atoms with E-state index in [1.54, 1.807) is 48.5 Å². The Balaban J connectivity index is 1.89. The number of imide groups is 2. The second-order valence-electron chi connectivity index (χ2n) is 7.14. The molecule has 2 saturated heterocycles.